The number of halogens is 1. The van der Waals surface area contributed by atoms with Gasteiger partial charge in [0.15, 0.2) is 0 Å². The van der Waals surface area contributed by atoms with E-state index in [1.807, 2.05) is 0 Å². The van der Waals surface area contributed by atoms with E-state index in [0.717, 1.165) is 6.20 Å². The summed E-state index contributed by atoms with van der Waals surface area (Å²) in [5, 5.41) is 11.6. The molecule has 0 atom stereocenters. The van der Waals surface area contributed by atoms with Crippen LogP contribution in [0, 0.1) is 5.82 Å². The average Bonchev–Trinajstić information content (AvgIpc) is 2.33. The molecule has 1 aromatic heterocycles. The molecule has 0 fully saturated rings. The van der Waals surface area contributed by atoms with Gasteiger partial charge in [0, 0.05) is 5.69 Å². The number of pyridine rings is 1. The highest BCUT2D eigenvalue weighted by molar-refractivity contribution is 6.02. The van der Waals surface area contributed by atoms with Gasteiger partial charge in [-0.15, -0.1) is 0 Å². The van der Waals surface area contributed by atoms with E-state index in [4.69, 9.17) is 5.11 Å². The molecule has 4 nitrogen and oxygen atoms in total. The lowest BCUT2D eigenvalue weighted by Crippen LogP contribution is -2.13. The molecular formula is C12H9FN2O2. The zero-order valence-electron chi connectivity index (χ0n) is 8.72. The van der Waals surface area contributed by atoms with Crippen molar-refractivity contribution in [2.24, 2.45) is 0 Å². The number of phenols is 1. The van der Waals surface area contributed by atoms with Gasteiger partial charge >= 0.3 is 0 Å². The quantitative estimate of drug-likeness (QED) is 0.780. The molecule has 0 bridgehead atoms. The lowest BCUT2D eigenvalue weighted by molar-refractivity contribution is 0.102. The first kappa shape index (κ1) is 11.1. The first-order valence-electron chi connectivity index (χ1n) is 4.87. The van der Waals surface area contributed by atoms with Crippen molar-refractivity contribution in [2.45, 2.75) is 0 Å². The third-order valence-electron chi connectivity index (χ3n) is 2.09. The lowest BCUT2D eigenvalue weighted by Gasteiger charge is -2.04. The second kappa shape index (κ2) is 4.61. The molecule has 2 N–H and O–H groups in total. The van der Waals surface area contributed by atoms with Gasteiger partial charge in [0.1, 0.15) is 17.3 Å². The molecule has 0 aliphatic heterocycles. The normalized spacial score (nSPS) is 9.94. The van der Waals surface area contributed by atoms with Crippen LogP contribution >= 0.6 is 0 Å². The number of aromatic hydroxyl groups is 1. The molecule has 1 heterocycles. The van der Waals surface area contributed by atoms with E-state index >= 15 is 0 Å². The van der Waals surface area contributed by atoms with Crippen LogP contribution < -0.4 is 5.32 Å². The Labute approximate surface area is 96.7 Å². The fourth-order valence-corrected chi connectivity index (χ4v) is 1.25. The number of benzene rings is 1. The molecule has 0 unspecified atom stereocenters. The van der Waals surface area contributed by atoms with Gasteiger partial charge in [0.25, 0.3) is 5.91 Å². The molecule has 0 saturated heterocycles. The molecule has 0 saturated carbocycles. The van der Waals surface area contributed by atoms with Crippen LogP contribution in [0.5, 0.6) is 5.75 Å². The number of hydrogen-bond acceptors (Lipinski definition) is 3. The predicted octanol–water partition coefficient (Wildman–Crippen LogP) is 2.18. The van der Waals surface area contributed by atoms with E-state index in [2.05, 4.69) is 10.3 Å². The summed E-state index contributed by atoms with van der Waals surface area (Å²) in [6.07, 6.45) is 0.978. The minimum absolute atomic E-state index is 0.114. The molecule has 17 heavy (non-hydrogen) atoms. The minimum atomic E-state index is -0.494. The van der Waals surface area contributed by atoms with Crippen LogP contribution in [0.2, 0.25) is 0 Å². The smallest absolute Gasteiger partial charge is 0.274 e. The van der Waals surface area contributed by atoms with E-state index in [9.17, 15) is 9.18 Å². The molecule has 0 aliphatic carbocycles. The van der Waals surface area contributed by atoms with Crippen LogP contribution in [0.4, 0.5) is 10.1 Å². The standard InChI is InChI=1S/C12H9FN2O2/c13-8-1-6-11(14-7-8)12(17)15-9-2-4-10(16)5-3-9/h1-7,16H,(H,15,17). The summed E-state index contributed by atoms with van der Waals surface area (Å²) in [4.78, 5) is 15.3. The first-order chi connectivity index (χ1) is 8.15. The SMILES string of the molecule is O=C(Nc1ccc(O)cc1)c1ccc(F)cn1. The number of phenolic OH excluding ortho intramolecular Hbond substituents is 1. The number of rotatable bonds is 2. The monoisotopic (exact) mass is 232 g/mol. The van der Waals surface area contributed by atoms with Gasteiger partial charge in [0.05, 0.1) is 6.20 Å². The van der Waals surface area contributed by atoms with Crippen molar-refractivity contribution < 1.29 is 14.3 Å². The van der Waals surface area contributed by atoms with E-state index in [1.54, 1.807) is 12.1 Å². The summed E-state index contributed by atoms with van der Waals surface area (Å²) in [6, 6.07) is 8.47. The summed E-state index contributed by atoms with van der Waals surface area (Å²) in [5.74, 6) is -0.815. The van der Waals surface area contributed by atoms with Crippen molar-refractivity contribution in [3.05, 3.63) is 54.1 Å². The van der Waals surface area contributed by atoms with E-state index < -0.39 is 11.7 Å². The summed E-state index contributed by atoms with van der Waals surface area (Å²) in [7, 11) is 0. The average molecular weight is 232 g/mol. The Hall–Kier alpha value is -2.43. The predicted molar refractivity (Wildman–Crippen MR) is 60.3 cm³/mol. The molecule has 5 heteroatoms. The van der Waals surface area contributed by atoms with Gasteiger partial charge in [-0.25, -0.2) is 9.37 Å². The third-order valence-corrected chi connectivity index (χ3v) is 2.09. The fourth-order valence-electron chi connectivity index (χ4n) is 1.25. The van der Waals surface area contributed by atoms with Gasteiger partial charge < -0.3 is 10.4 Å². The van der Waals surface area contributed by atoms with E-state index in [1.165, 1.54) is 24.3 Å². The second-order valence-electron chi connectivity index (χ2n) is 3.36. The number of nitrogens with zero attached hydrogens (tertiary/aromatic N) is 1. The Morgan fingerprint density at radius 1 is 1.18 bits per heavy atom. The summed E-state index contributed by atoms with van der Waals surface area (Å²) in [5.41, 5.74) is 0.651. The highest BCUT2D eigenvalue weighted by Crippen LogP contribution is 2.14. The Kier molecular flexibility index (Phi) is 3.00. The Morgan fingerprint density at radius 2 is 1.88 bits per heavy atom. The maximum Gasteiger partial charge on any atom is 0.274 e. The van der Waals surface area contributed by atoms with Gasteiger partial charge in [-0.3, -0.25) is 4.79 Å². The largest absolute Gasteiger partial charge is 0.508 e. The summed E-state index contributed by atoms with van der Waals surface area (Å²) in [6.45, 7) is 0. The molecule has 2 rings (SSSR count). The third kappa shape index (κ3) is 2.78. The van der Waals surface area contributed by atoms with Crippen LogP contribution in [-0.4, -0.2) is 16.0 Å². The van der Waals surface area contributed by atoms with Gasteiger partial charge in [-0.2, -0.15) is 0 Å². The number of amides is 1. The van der Waals surface area contributed by atoms with Crippen molar-refractivity contribution in [1.29, 1.82) is 0 Å². The molecule has 86 valence electrons. The Bertz CT molecular complexity index is 523. The molecule has 0 aliphatic rings. The number of carbonyl (C=O) groups excluding carboxylic acids is 1. The molecule has 2 aromatic rings. The first-order valence-corrected chi connectivity index (χ1v) is 4.87. The van der Waals surface area contributed by atoms with E-state index in [0.29, 0.717) is 5.69 Å². The number of anilines is 1. The number of hydrogen-bond donors (Lipinski definition) is 2. The molecule has 1 aromatic carbocycles. The summed E-state index contributed by atoms with van der Waals surface area (Å²) < 4.78 is 12.6. The topological polar surface area (TPSA) is 62.2 Å². The number of aromatic nitrogens is 1. The van der Waals surface area contributed by atoms with Crippen molar-refractivity contribution in [1.82, 2.24) is 4.98 Å². The van der Waals surface area contributed by atoms with Crippen LogP contribution in [0.25, 0.3) is 0 Å². The molecule has 0 spiro atoms. The Balaban J connectivity index is 2.11. The van der Waals surface area contributed by atoms with Gasteiger partial charge in [-0.05, 0) is 36.4 Å². The van der Waals surface area contributed by atoms with Crippen LogP contribution in [0.1, 0.15) is 10.5 Å². The molecular weight excluding hydrogens is 223 g/mol. The highest BCUT2D eigenvalue weighted by Gasteiger charge is 2.07. The number of carbonyl (C=O) groups is 1. The highest BCUT2D eigenvalue weighted by atomic mass is 19.1. The zero-order valence-corrected chi connectivity index (χ0v) is 8.72. The van der Waals surface area contributed by atoms with Gasteiger partial charge in [-0.1, -0.05) is 0 Å². The van der Waals surface area contributed by atoms with Crippen molar-refractivity contribution in [3.8, 4) is 5.75 Å². The van der Waals surface area contributed by atoms with Crippen molar-refractivity contribution in [3.63, 3.8) is 0 Å². The number of nitrogens with one attached hydrogen (secondary N) is 1. The maximum absolute atomic E-state index is 12.6. The minimum Gasteiger partial charge on any atom is -0.508 e. The Morgan fingerprint density at radius 3 is 2.47 bits per heavy atom. The van der Waals surface area contributed by atoms with E-state index in [-0.39, 0.29) is 11.4 Å². The van der Waals surface area contributed by atoms with Crippen molar-refractivity contribution >= 4 is 11.6 Å². The molecule has 0 radical (unpaired) electrons. The molecule has 1 amide bonds. The van der Waals surface area contributed by atoms with Gasteiger partial charge in [0.2, 0.25) is 0 Å². The summed E-state index contributed by atoms with van der Waals surface area (Å²) >= 11 is 0. The van der Waals surface area contributed by atoms with Crippen molar-refractivity contribution in [2.75, 3.05) is 5.32 Å². The second-order valence-corrected chi connectivity index (χ2v) is 3.36. The van der Waals surface area contributed by atoms with Crippen LogP contribution in [0.3, 0.4) is 0 Å². The fraction of sp³-hybridized carbons (Fsp3) is 0. The van der Waals surface area contributed by atoms with Crippen LogP contribution in [-0.2, 0) is 0 Å². The van der Waals surface area contributed by atoms with Crippen LogP contribution in [0.15, 0.2) is 42.6 Å². The maximum atomic E-state index is 12.6. The zero-order chi connectivity index (χ0) is 12.3. The lowest BCUT2D eigenvalue weighted by atomic mass is 10.3.